The fraction of sp³-hybridized carbons (Fsp3) is 0.360. The van der Waals surface area contributed by atoms with Crippen molar-refractivity contribution in [3.63, 3.8) is 0 Å². The first-order valence-corrected chi connectivity index (χ1v) is 11.5. The van der Waals surface area contributed by atoms with Crippen molar-refractivity contribution in [2.75, 3.05) is 25.0 Å². The van der Waals surface area contributed by atoms with Crippen LogP contribution in [0.2, 0.25) is 5.02 Å². The van der Waals surface area contributed by atoms with Crippen LogP contribution in [0.1, 0.15) is 42.6 Å². The van der Waals surface area contributed by atoms with Gasteiger partial charge in [0, 0.05) is 35.9 Å². The highest BCUT2D eigenvalue weighted by molar-refractivity contribution is 6.30. The monoisotopic (exact) mass is 433 g/mol. The molecule has 1 aromatic heterocycles. The summed E-state index contributed by atoms with van der Waals surface area (Å²) in [6, 6.07) is 15.1. The van der Waals surface area contributed by atoms with Crippen LogP contribution in [0, 0.1) is 6.92 Å². The van der Waals surface area contributed by atoms with Crippen molar-refractivity contribution in [3.05, 3.63) is 70.4 Å². The number of likely N-dealkylation sites (N-methyl/N-ethyl adjacent to an activating group) is 1. The van der Waals surface area contributed by atoms with E-state index in [-0.39, 0.29) is 6.04 Å². The number of nitrogens with one attached hydrogen (secondary N) is 1. The Labute approximate surface area is 188 Å². The average Bonchev–Trinajstić information content (AvgIpc) is 3.09. The molecule has 0 radical (unpaired) electrons. The summed E-state index contributed by atoms with van der Waals surface area (Å²) in [4.78, 5) is 2.48. The summed E-state index contributed by atoms with van der Waals surface area (Å²) in [6.45, 7) is 8.38. The molecular formula is C25H28ClN5. The molecule has 0 aliphatic carbocycles. The third kappa shape index (κ3) is 4.00. The molecule has 1 N–H and O–H groups in total. The molecule has 160 valence electrons. The Bertz CT molecular complexity index is 1120. The summed E-state index contributed by atoms with van der Waals surface area (Å²) < 4.78 is 2.05. The number of anilines is 1. The lowest BCUT2D eigenvalue weighted by atomic mass is 9.90. The fourth-order valence-electron chi connectivity index (χ4n) is 4.72. The predicted molar refractivity (Wildman–Crippen MR) is 127 cm³/mol. The van der Waals surface area contributed by atoms with Gasteiger partial charge in [0.1, 0.15) is 0 Å². The summed E-state index contributed by atoms with van der Waals surface area (Å²) in [5.41, 5.74) is 8.52. The highest BCUT2D eigenvalue weighted by Crippen LogP contribution is 2.39. The van der Waals surface area contributed by atoms with Crippen LogP contribution < -0.4 is 5.32 Å². The molecule has 1 unspecified atom stereocenters. The summed E-state index contributed by atoms with van der Waals surface area (Å²) >= 11 is 6.10. The summed E-state index contributed by atoms with van der Waals surface area (Å²) in [5.74, 6) is 0. The first kappa shape index (κ1) is 20.3. The minimum atomic E-state index is 0.188. The highest BCUT2D eigenvalue weighted by Gasteiger charge is 2.26. The molecule has 2 aliphatic heterocycles. The number of aromatic nitrogens is 3. The molecule has 31 heavy (non-hydrogen) atoms. The molecule has 0 amide bonds. The van der Waals surface area contributed by atoms with Gasteiger partial charge >= 0.3 is 0 Å². The van der Waals surface area contributed by atoms with Crippen molar-refractivity contribution in [1.29, 1.82) is 0 Å². The van der Waals surface area contributed by atoms with E-state index >= 15 is 0 Å². The molecule has 0 bridgehead atoms. The molecule has 1 atom stereocenters. The van der Waals surface area contributed by atoms with Crippen molar-refractivity contribution in [3.8, 4) is 11.3 Å². The van der Waals surface area contributed by atoms with E-state index in [4.69, 9.17) is 11.6 Å². The SMILES string of the molecule is CCN1CC=C(c2ccc3c(c2)C(Nc2ccc(Cl)cc2)CCn2nnc(C)c2-3)CC1. The first-order valence-electron chi connectivity index (χ1n) is 11.1. The van der Waals surface area contributed by atoms with Crippen molar-refractivity contribution >= 4 is 22.9 Å². The van der Waals surface area contributed by atoms with Gasteiger partial charge in [-0.25, -0.2) is 4.68 Å². The Balaban J connectivity index is 1.56. The summed E-state index contributed by atoms with van der Waals surface area (Å²) in [5, 5.41) is 13.2. The van der Waals surface area contributed by atoms with Crippen LogP contribution in [0.25, 0.3) is 16.8 Å². The molecule has 2 aliphatic rings. The van der Waals surface area contributed by atoms with E-state index in [1.165, 1.54) is 22.3 Å². The molecule has 5 rings (SSSR count). The van der Waals surface area contributed by atoms with Crippen LogP contribution in [-0.2, 0) is 6.54 Å². The van der Waals surface area contributed by atoms with Gasteiger partial charge in [-0.05, 0) is 73.3 Å². The van der Waals surface area contributed by atoms with Gasteiger partial charge in [-0.15, -0.1) is 5.10 Å². The molecule has 3 aromatic rings. The largest absolute Gasteiger partial charge is 0.378 e. The molecule has 6 heteroatoms. The smallest absolute Gasteiger partial charge is 0.0918 e. The predicted octanol–water partition coefficient (Wildman–Crippen LogP) is 5.57. The Morgan fingerprint density at radius 2 is 1.97 bits per heavy atom. The van der Waals surface area contributed by atoms with Gasteiger partial charge < -0.3 is 5.32 Å². The van der Waals surface area contributed by atoms with Gasteiger partial charge in [-0.1, -0.05) is 41.9 Å². The summed E-state index contributed by atoms with van der Waals surface area (Å²) in [7, 11) is 0. The fourth-order valence-corrected chi connectivity index (χ4v) is 4.85. The second-order valence-electron chi connectivity index (χ2n) is 8.41. The number of benzene rings is 2. The Kier molecular flexibility index (Phi) is 5.55. The van der Waals surface area contributed by atoms with Crippen LogP contribution in [-0.4, -0.2) is 39.5 Å². The van der Waals surface area contributed by atoms with E-state index in [2.05, 4.69) is 56.4 Å². The van der Waals surface area contributed by atoms with Crippen LogP contribution in [0.4, 0.5) is 5.69 Å². The van der Waals surface area contributed by atoms with E-state index in [0.29, 0.717) is 0 Å². The van der Waals surface area contributed by atoms with Crippen molar-refractivity contribution < 1.29 is 0 Å². The highest BCUT2D eigenvalue weighted by atomic mass is 35.5. The van der Waals surface area contributed by atoms with Crippen LogP contribution in [0.3, 0.4) is 0 Å². The number of nitrogens with zero attached hydrogens (tertiary/aromatic N) is 4. The zero-order chi connectivity index (χ0) is 21.4. The molecular weight excluding hydrogens is 406 g/mol. The maximum atomic E-state index is 6.10. The van der Waals surface area contributed by atoms with E-state index in [0.717, 1.165) is 61.1 Å². The second-order valence-corrected chi connectivity index (χ2v) is 8.85. The minimum absolute atomic E-state index is 0.188. The average molecular weight is 434 g/mol. The zero-order valence-corrected chi connectivity index (χ0v) is 18.9. The molecule has 2 aromatic carbocycles. The lowest BCUT2D eigenvalue weighted by Gasteiger charge is -2.26. The number of halogens is 1. The van der Waals surface area contributed by atoms with E-state index in [1.54, 1.807) is 0 Å². The number of hydrogen-bond donors (Lipinski definition) is 1. The third-order valence-corrected chi connectivity index (χ3v) is 6.76. The lowest BCUT2D eigenvalue weighted by molar-refractivity contribution is 0.319. The van der Waals surface area contributed by atoms with Gasteiger partial charge in [0.2, 0.25) is 0 Å². The van der Waals surface area contributed by atoms with Gasteiger partial charge in [-0.2, -0.15) is 0 Å². The van der Waals surface area contributed by atoms with Gasteiger partial charge in [0.15, 0.2) is 0 Å². The molecule has 0 saturated heterocycles. The maximum Gasteiger partial charge on any atom is 0.0918 e. The van der Waals surface area contributed by atoms with Crippen molar-refractivity contribution in [2.45, 2.75) is 39.3 Å². The van der Waals surface area contributed by atoms with Crippen LogP contribution in [0.15, 0.2) is 48.5 Å². The van der Waals surface area contributed by atoms with Crippen LogP contribution >= 0.6 is 11.6 Å². The number of hydrogen-bond acceptors (Lipinski definition) is 4. The number of rotatable bonds is 4. The Morgan fingerprint density at radius 1 is 1.13 bits per heavy atom. The third-order valence-electron chi connectivity index (χ3n) is 6.51. The van der Waals surface area contributed by atoms with Crippen LogP contribution in [0.5, 0.6) is 0 Å². The van der Waals surface area contributed by atoms with Gasteiger partial charge in [-0.3, -0.25) is 4.90 Å². The lowest BCUT2D eigenvalue weighted by Crippen LogP contribution is -2.28. The number of fused-ring (bicyclic) bond motifs is 3. The van der Waals surface area contributed by atoms with Crippen molar-refractivity contribution in [1.82, 2.24) is 19.9 Å². The molecule has 5 nitrogen and oxygen atoms in total. The van der Waals surface area contributed by atoms with E-state index < -0.39 is 0 Å². The molecule has 0 saturated carbocycles. The molecule has 0 spiro atoms. The zero-order valence-electron chi connectivity index (χ0n) is 18.1. The van der Waals surface area contributed by atoms with E-state index in [9.17, 15) is 0 Å². The Hall–Kier alpha value is -2.63. The summed E-state index contributed by atoms with van der Waals surface area (Å²) in [6.07, 6.45) is 4.43. The quantitative estimate of drug-likeness (QED) is 0.584. The molecule has 3 heterocycles. The topological polar surface area (TPSA) is 46.0 Å². The van der Waals surface area contributed by atoms with Gasteiger partial charge in [0.25, 0.3) is 0 Å². The van der Waals surface area contributed by atoms with Crippen molar-refractivity contribution in [2.24, 2.45) is 0 Å². The minimum Gasteiger partial charge on any atom is -0.378 e. The first-order chi connectivity index (χ1) is 15.1. The van der Waals surface area contributed by atoms with Gasteiger partial charge in [0.05, 0.1) is 17.4 Å². The molecule has 0 fully saturated rings. The second kappa shape index (κ2) is 8.48. The maximum absolute atomic E-state index is 6.10. The normalized spacial score (nSPS) is 18.7. The number of aryl methyl sites for hydroxylation is 2. The van der Waals surface area contributed by atoms with E-state index in [1.807, 2.05) is 31.2 Å². The standard InChI is InChI=1S/C25H28ClN5/c1-3-30-13-10-18(11-14-30)19-4-9-22-23(16-19)24(27-21-7-5-20(26)6-8-21)12-15-31-25(22)17(2)28-29-31/h4-10,16,24,27H,3,11-15H2,1-2H3. The Morgan fingerprint density at radius 3 is 2.71 bits per heavy atom.